The number of likely N-dealkylation sites (tertiary alicyclic amines) is 1. The van der Waals surface area contributed by atoms with E-state index in [1.54, 1.807) is 0 Å². The van der Waals surface area contributed by atoms with E-state index in [-0.39, 0.29) is 5.41 Å². The number of hydrogen-bond donors (Lipinski definition) is 1. The van der Waals surface area contributed by atoms with Crippen LogP contribution in [0, 0.1) is 11.3 Å². The summed E-state index contributed by atoms with van der Waals surface area (Å²) in [6.07, 6.45) is 2.01. The van der Waals surface area contributed by atoms with Gasteiger partial charge >= 0.3 is 0 Å². The number of rotatable bonds is 4. The van der Waals surface area contributed by atoms with Crippen molar-refractivity contribution in [3.63, 3.8) is 0 Å². The minimum atomic E-state index is -2.23. The van der Waals surface area contributed by atoms with Crippen LogP contribution in [-0.4, -0.2) is 38.7 Å². The molecule has 0 aromatic heterocycles. The Bertz CT molecular complexity index is 258. The quantitative estimate of drug-likeness (QED) is 0.743. The van der Waals surface area contributed by atoms with Crippen LogP contribution in [0.3, 0.4) is 0 Å². The summed E-state index contributed by atoms with van der Waals surface area (Å²) in [6.45, 7) is 9.50. The van der Waals surface area contributed by atoms with Gasteiger partial charge in [-0.25, -0.2) is 8.42 Å². The van der Waals surface area contributed by atoms with Crippen molar-refractivity contribution in [2.45, 2.75) is 33.6 Å². The van der Waals surface area contributed by atoms with Crippen LogP contribution in [0.1, 0.15) is 33.6 Å². The molecular formula is C11H22NO2S. The van der Waals surface area contributed by atoms with Crippen LogP contribution in [-0.2, 0) is 10.7 Å². The summed E-state index contributed by atoms with van der Waals surface area (Å²) in [5.74, 6) is 1.78. The lowest BCUT2D eigenvalue weighted by Gasteiger charge is -2.38. The average molecular weight is 232 g/mol. The predicted molar refractivity (Wildman–Crippen MR) is 63.6 cm³/mol. The SMILES string of the molecule is C[C](C)CN1CCC(C)(C[SH](=O)=O)CC1. The molecule has 3 nitrogen and oxygen atoms in total. The summed E-state index contributed by atoms with van der Waals surface area (Å²) < 4.78 is 21.5. The van der Waals surface area contributed by atoms with Gasteiger partial charge in [-0.2, -0.15) is 0 Å². The third-order valence-electron chi connectivity index (χ3n) is 3.11. The predicted octanol–water partition coefficient (Wildman–Crippen LogP) is 1.31. The Kier molecular flexibility index (Phi) is 4.59. The molecule has 1 aliphatic heterocycles. The molecule has 0 spiro atoms. The normalized spacial score (nSPS) is 22.5. The molecule has 0 N–H and O–H groups in total. The molecule has 1 fully saturated rings. The highest BCUT2D eigenvalue weighted by Gasteiger charge is 2.30. The minimum absolute atomic E-state index is 0.0212. The van der Waals surface area contributed by atoms with Crippen molar-refractivity contribution in [1.29, 1.82) is 0 Å². The van der Waals surface area contributed by atoms with Crippen LogP contribution >= 0.6 is 0 Å². The third-order valence-corrected chi connectivity index (χ3v) is 4.14. The smallest absolute Gasteiger partial charge is 0.140 e. The summed E-state index contributed by atoms with van der Waals surface area (Å²) in [4.78, 5) is 2.41. The van der Waals surface area contributed by atoms with E-state index in [0.717, 1.165) is 32.5 Å². The zero-order valence-electron chi connectivity index (χ0n) is 9.95. The number of hydrogen-bond acceptors (Lipinski definition) is 3. The van der Waals surface area contributed by atoms with Gasteiger partial charge in [-0.05, 0) is 37.3 Å². The molecule has 0 aromatic rings. The zero-order chi connectivity index (χ0) is 11.5. The average Bonchev–Trinajstić information content (AvgIpc) is 2.07. The molecule has 1 heterocycles. The molecule has 4 heteroatoms. The maximum atomic E-state index is 10.8. The summed E-state index contributed by atoms with van der Waals surface area (Å²) in [5.41, 5.74) is 0.0212. The second-order valence-corrected chi connectivity index (χ2v) is 6.27. The van der Waals surface area contributed by atoms with E-state index < -0.39 is 10.7 Å². The van der Waals surface area contributed by atoms with E-state index in [1.807, 2.05) is 0 Å². The molecule has 0 saturated carbocycles. The van der Waals surface area contributed by atoms with Crippen LogP contribution in [0.25, 0.3) is 0 Å². The molecule has 1 saturated heterocycles. The van der Waals surface area contributed by atoms with Crippen molar-refractivity contribution >= 4 is 10.7 Å². The van der Waals surface area contributed by atoms with E-state index in [0.29, 0.717) is 5.75 Å². The molecule has 0 aliphatic carbocycles. The molecule has 0 aromatic carbocycles. The molecule has 1 radical (unpaired) electrons. The van der Waals surface area contributed by atoms with E-state index in [9.17, 15) is 8.42 Å². The van der Waals surface area contributed by atoms with Gasteiger partial charge in [0.25, 0.3) is 0 Å². The lowest BCUT2D eigenvalue weighted by Crippen LogP contribution is -2.41. The molecule has 1 rings (SSSR count). The van der Waals surface area contributed by atoms with Crippen molar-refractivity contribution in [2.24, 2.45) is 5.41 Å². The van der Waals surface area contributed by atoms with Crippen molar-refractivity contribution < 1.29 is 8.42 Å². The maximum Gasteiger partial charge on any atom is 0.140 e. The number of piperidine rings is 1. The van der Waals surface area contributed by atoms with Gasteiger partial charge in [-0.1, -0.05) is 20.8 Å². The molecule has 0 amide bonds. The van der Waals surface area contributed by atoms with Gasteiger partial charge in [-0.3, -0.25) is 0 Å². The summed E-state index contributed by atoms with van der Waals surface area (Å²) >= 11 is 0. The fourth-order valence-corrected chi connectivity index (χ4v) is 3.11. The summed E-state index contributed by atoms with van der Waals surface area (Å²) in [5, 5.41) is 0. The monoisotopic (exact) mass is 232 g/mol. The van der Waals surface area contributed by atoms with Crippen LogP contribution < -0.4 is 0 Å². The topological polar surface area (TPSA) is 37.4 Å². The highest BCUT2D eigenvalue weighted by atomic mass is 32.2. The third kappa shape index (κ3) is 4.51. The lowest BCUT2D eigenvalue weighted by molar-refractivity contribution is 0.139. The second kappa shape index (κ2) is 5.30. The Balaban J connectivity index is 2.40. The fourth-order valence-electron chi connectivity index (χ4n) is 2.17. The van der Waals surface area contributed by atoms with E-state index in [2.05, 4.69) is 25.7 Å². The van der Waals surface area contributed by atoms with Gasteiger partial charge in [0.05, 0.1) is 5.75 Å². The molecule has 15 heavy (non-hydrogen) atoms. The van der Waals surface area contributed by atoms with Gasteiger partial charge in [-0.15, -0.1) is 0 Å². The van der Waals surface area contributed by atoms with Gasteiger partial charge in [0.1, 0.15) is 10.7 Å². The highest BCUT2D eigenvalue weighted by molar-refractivity contribution is 7.72. The zero-order valence-corrected chi connectivity index (χ0v) is 10.8. The first-order chi connectivity index (χ1) is 6.91. The first kappa shape index (κ1) is 13.0. The first-order valence-corrected chi connectivity index (χ1v) is 6.91. The largest absolute Gasteiger partial charge is 0.303 e. The minimum Gasteiger partial charge on any atom is -0.303 e. The van der Waals surface area contributed by atoms with E-state index >= 15 is 0 Å². The Morgan fingerprint density at radius 1 is 1.27 bits per heavy atom. The van der Waals surface area contributed by atoms with Crippen LogP contribution in [0.4, 0.5) is 0 Å². The second-order valence-electron chi connectivity index (χ2n) is 5.28. The standard InChI is InChI=1S/C11H22NO2S/c1-10(2)8-12-6-4-11(3,5-7-12)9-15(13)14/h15H,4-9H2,1-3H3. The molecule has 0 atom stereocenters. The maximum absolute atomic E-state index is 10.8. The van der Waals surface area contributed by atoms with Crippen molar-refractivity contribution in [1.82, 2.24) is 4.90 Å². The highest BCUT2D eigenvalue weighted by Crippen LogP contribution is 2.31. The van der Waals surface area contributed by atoms with Crippen LogP contribution in [0.5, 0.6) is 0 Å². The van der Waals surface area contributed by atoms with Gasteiger partial charge in [0, 0.05) is 6.54 Å². The van der Waals surface area contributed by atoms with Crippen molar-refractivity contribution in [3.8, 4) is 0 Å². The van der Waals surface area contributed by atoms with Crippen LogP contribution in [0.2, 0.25) is 0 Å². The molecule has 89 valence electrons. The number of thiol groups is 1. The van der Waals surface area contributed by atoms with Gasteiger partial charge in [0.2, 0.25) is 0 Å². The van der Waals surface area contributed by atoms with Crippen molar-refractivity contribution in [2.75, 3.05) is 25.4 Å². The van der Waals surface area contributed by atoms with E-state index in [4.69, 9.17) is 0 Å². The fraction of sp³-hybridized carbons (Fsp3) is 0.909. The Morgan fingerprint density at radius 3 is 2.20 bits per heavy atom. The van der Waals surface area contributed by atoms with E-state index in [1.165, 1.54) is 5.92 Å². The molecule has 1 aliphatic rings. The summed E-state index contributed by atoms with van der Waals surface area (Å²) in [7, 11) is -2.23. The molecule has 0 unspecified atom stereocenters. The first-order valence-electron chi connectivity index (χ1n) is 5.54. The molecular weight excluding hydrogens is 210 g/mol. The molecule has 0 bridgehead atoms. The number of nitrogens with zero attached hydrogens (tertiary/aromatic N) is 1. The Labute approximate surface area is 94.8 Å². The van der Waals surface area contributed by atoms with Gasteiger partial charge in [0.15, 0.2) is 0 Å². The Morgan fingerprint density at radius 2 is 1.80 bits per heavy atom. The van der Waals surface area contributed by atoms with Crippen LogP contribution in [0.15, 0.2) is 0 Å². The Hall–Kier alpha value is -0.0900. The van der Waals surface area contributed by atoms with Crippen molar-refractivity contribution in [3.05, 3.63) is 5.92 Å². The van der Waals surface area contributed by atoms with Gasteiger partial charge < -0.3 is 4.90 Å². The lowest BCUT2D eigenvalue weighted by atomic mass is 9.82. The summed E-state index contributed by atoms with van der Waals surface area (Å²) in [6, 6.07) is 0.